The van der Waals surface area contributed by atoms with Gasteiger partial charge in [0.05, 0.1) is 6.04 Å². The molecule has 3 unspecified atom stereocenters. The number of hydrogen-bond acceptors (Lipinski definition) is 7. The zero-order chi connectivity index (χ0) is 23.3. The first-order valence-corrected chi connectivity index (χ1v) is 9.08. The standard InChI is InChI=1S/C16H29N7O7/c17-8(3-6-12(25)26)13(27)22-9(2-1-7-21-16(19)20)14(28)23-10(15(29)30)4-5-11(18)24/h8-10H,1-7,17H2,(H2,18,24)(H,22,27)(H,23,28)(H,25,26)(H,29,30)(H4,19,20,21). The molecule has 0 spiro atoms. The average Bonchev–Trinajstić information content (AvgIpc) is 2.64. The van der Waals surface area contributed by atoms with Crippen molar-refractivity contribution >= 4 is 35.6 Å². The quantitative estimate of drug-likeness (QED) is 0.0721. The van der Waals surface area contributed by atoms with Crippen molar-refractivity contribution in [3.8, 4) is 0 Å². The molecule has 0 radical (unpaired) electrons. The van der Waals surface area contributed by atoms with Crippen LogP contribution in [-0.2, 0) is 24.0 Å². The van der Waals surface area contributed by atoms with Crippen molar-refractivity contribution in [3.63, 3.8) is 0 Å². The Hall–Kier alpha value is -3.42. The number of carbonyl (C=O) groups excluding carboxylic acids is 3. The highest BCUT2D eigenvalue weighted by atomic mass is 16.4. The minimum absolute atomic E-state index is 0.0438. The van der Waals surface area contributed by atoms with Gasteiger partial charge in [-0.05, 0) is 25.7 Å². The topological polar surface area (TPSA) is 266 Å². The van der Waals surface area contributed by atoms with E-state index in [0.29, 0.717) is 0 Å². The summed E-state index contributed by atoms with van der Waals surface area (Å²) in [5.74, 6) is -5.01. The van der Waals surface area contributed by atoms with E-state index in [-0.39, 0.29) is 51.0 Å². The fourth-order valence-electron chi connectivity index (χ4n) is 2.28. The third kappa shape index (κ3) is 12.1. The van der Waals surface area contributed by atoms with E-state index in [1.165, 1.54) is 0 Å². The fourth-order valence-corrected chi connectivity index (χ4v) is 2.28. The van der Waals surface area contributed by atoms with E-state index in [9.17, 15) is 29.1 Å². The number of carboxylic acids is 2. The van der Waals surface area contributed by atoms with E-state index in [4.69, 9.17) is 28.0 Å². The molecule has 0 aliphatic heterocycles. The highest BCUT2D eigenvalue weighted by Crippen LogP contribution is 2.04. The van der Waals surface area contributed by atoms with Crippen LogP contribution in [0.4, 0.5) is 0 Å². The van der Waals surface area contributed by atoms with Gasteiger partial charge in [-0.15, -0.1) is 0 Å². The van der Waals surface area contributed by atoms with Gasteiger partial charge in [-0.2, -0.15) is 0 Å². The van der Waals surface area contributed by atoms with Gasteiger partial charge in [0.15, 0.2) is 5.96 Å². The molecule has 0 saturated heterocycles. The van der Waals surface area contributed by atoms with Gasteiger partial charge in [0, 0.05) is 19.4 Å². The molecule has 0 bridgehead atoms. The Kier molecular flexibility index (Phi) is 12.1. The van der Waals surface area contributed by atoms with Crippen LogP contribution in [0, 0.1) is 0 Å². The molecule has 3 amide bonds. The number of amides is 3. The SMILES string of the molecule is NC(=O)CCC(NC(=O)C(CCCN=C(N)N)NC(=O)C(N)CCC(=O)O)C(=O)O. The zero-order valence-electron chi connectivity index (χ0n) is 16.4. The summed E-state index contributed by atoms with van der Waals surface area (Å²) in [6, 6.07) is -3.76. The summed E-state index contributed by atoms with van der Waals surface area (Å²) in [7, 11) is 0. The summed E-state index contributed by atoms with van der Waals surface area (Å²) >= 11 is 0. The molecule has 0 aromatic carbocycles. The molecule has 0 aliphatic rings. The molecule has 170 valence electrons. The largest absolute Gasteiger partial charge is 0.481 e. The third-order valence-electron chi connectivity index (χ3n) is 3.88. The van der Waals surface area contributed by atoms with Crippen LogP contribution in [0.2, 0.25) is 0 Å². The lowest BCUT2D eigenvalue weighted by atomic mass is 10.1. The van der Waals surface area contributed by atoms with Crippen molar-refractivity contribution in [1.82, 2.24) is 10.6 Å². The normalized spacial score (nSPS) is 13.4. The number of nitrogens with two attached hydrogens (primary N) is 4. The highest BCUT2D eigenvalue weighted by Gasteiger charge is 2.28. The molecular formula is C16H29N7O7. The molecule has 0 fully saturated rings. The predicted octanol–water partition coefficient (Wildman–Crippen LogP) is -3.45. The van der Waals surface area contributed by atoms with Gasteiger partial charge in [0.2, 0.25) is 17.7 Å². The van der Waals surface area contributed by atoms with Crippen molar-refractivity contribution in [3.05, 3.63) is 0 Å². The lowest BCUT2D eigenvalue weighted by molar-refractivity contribution is -0.142. The number of rotatable bonds is 15. The highest BCUT2D eigenvalue weighted by molar-refractivity contribution is 5.92. The maximum absolute atomic E-state index is 12.5. The number of carbonyl (C=O) groups is 5. The molecule has 0 saturated carbocycles. The van der Waals surface area contributed by atoms with Gasteiger partial charge < -0.3 is 43.8 Å². The Morgan fingerprint density at radius 2 is 1.43 bits per heavy atom. The van der Waals surface area contributed by atoms with Gasteiger partial charge in [0.1, 0.15) is 12.1 Å². The van der Waals surface area contributed by atoms with Gasteiger partial charge in [-0.3, -0.25) is 24.2 Å². The van der Waals surface area contributed by atoms with Crippen molar-refractivity contribution < 1.29 is 34.2 Å². The van der Waals surface area contributed by atoms with Crippen LogP contribution in [0.1, 0.15) is 38.5 Å². The number of carboxylic acid groups (broad SMARTS) is 2. The van der Waals surface area contributed by atoms with E-state index in [2.05, 4.69) is 15.6 Å². The van der Waals surface area contributed by atoms with E-state index in [1.54, 1.807) is 0 Å². The Morgan fingerprint density at radius 3 is 1.93 bits per heavy atom. The van der Waals surface area contributed by atoms with E-state index in [0.717, 1.165) is 0 Å². The summed E-state index contributed by atoms with van der Waals surface area (Å²) in [6.45, 7) is 0.150. The van der Waals surface area contributed by atoms with E-state index >= 15 is 0 Å². The van der Waals surface area contributed by atoms with E-state index < -0.39 is 47.8 Å². The minimum Gasteiger partial charge on any atom is -0.481 e. The summed E-state index contributed by atoms with van der Waals surface area (Å²) in [4.78, 5) is 61.3. The van der Waals surface area contributed by atoms with Crippen LogP contribution in [0.5, 0.6) is 0 Å². The number of primary amides is 1. The first-order chi connectivity index (χ1) is 13.9. The maximum Gasteiger partial charge on any atom is 0.326 e. The molecule has 14 nitrogen and oxygen atoms in total. The van der Waals surface area contributed by atoms with Crippen LogP contribution < -0.4 is 33.6 Å². The number of nitrogens with zero attached hydrogens (tertiary/aromatic N) is 1. The van der Waals surface area contributed by atoms with Crippen LogP contribution >= 0.6 is 0 Å². The predicted molar refractivity (Wildman–Crippen MR) is 105 cm³/mol. The fraction of sp³-hybridized carbons (Fsp3) is 0.625. The van der Waals surface area contributed by atoms with Crippen molar-refractivity contribution in [1.29, 1.82) is 0 Å². The van der Waals surface area contributed by atoms with Gasteiger partial charge >= 0.3 is 11.9 Å². The Balaban J connectivity index is 5.14. The van der Waals surface area contributed by atoms with Crippen molar-refractivity contribution in [2.45, 2.75) is 56.7 Å². The average molecular weight is 431 g/mol. The molecular weight excluding hydrogens is 402 g/mol. The van der Waals surface area contributed by atoms with Crippen molar-refractivity contribution in [2.24, 2.45) is 27.9 Å². The van der Waals surface area contributed by atoms with Crippen LogP contribution in [0.15, 0.2) is 4.99 Å². The maximum atomic E-state index is 12.5. The molecule has 3 atom stereocenters. The van der Waals surface area contributed by atoms with Crippen LogP contribution in [0.25, 0.3) is 0 Å². The first-order valence-electron chi connectivity index (χ1n) is 9.08. The van der Waals surface area contributed by atoms with Crippen LogP contribution in [0.3, 0.4) is 0 Å². The molecule has 0 rings (SSSR count). The van der Waals surface area contributed by atoms with Gasteiger partial charge in [-0.1, -0.05) is 0 Å². The second-order valence-electron chi connectivity index (χ2n) is 6.45. The molecule has 0 aromatic rings. The number of aliphatic imine (C=N–C) groups is 1. The number of guanidine groups is 1. The monoisotopic (exact) mass is 431 g/mol. The van der Waals surface area contributed by atoms with Crippen molar-refractivity contribution in [2.75, 3.05) is 6.54 Å². The Labute approximate surface area is 172 Å². The van der Waals surface area contributed by atoms with E-state index in [1.807, 2.05) is 0 Å². The summed E-state index contributed by atoms with van der Waals surface area (Å²) in [5, 5.41) is 22.5. The second-order valence-corrected chi connectivity index (χ2v) is 6.45. The molecule has 12 N–H and O–H groups in total. The third-order valence-corrected chi connectivity index (χ3v) is 3.88. The smallest absolute Gasteiger partial charge is 0.326 e. The number of aliphatic carboxylic acids is 2. The summed E-state index contributed by atoms with van der Waals surface area (Å²) in [5.41, 5.74) is 21.1. The molecule has 0 aliphatic carbocycles. The number of nitrogens with one attached hydrogen (secondary N) is 2. The Morgan fingerprint density at radius 1 is 0.833 bits per heavy atom. The molecule has 0 aromatic heterocycles. The zero-order valence-corrected chi connectivity index (χ0v) is 16.4. The second kappa shape index (κ2) is 13.7. The lowest BCUT2D eigenvalue weighted by Crippen LogP contribution is -2.54. The lowest BCUT2D eigenvalue weighted by Gasteiger charge is -2.22. The Bertz CT molecular complexity index is 664. The molecule has 14 heteroatoms. The number of hydrogen-bond donors (Lipinski definition) is 8. The minimum atomic E-state index is -1.40. The molecule has 30 heavy (non-hydrogen) atoms. The van der Waals surface area contributed by atoms with Gasteiger partial charge in [-0.25, -0.2) is 4.79 Å². The summed E-state index contributed by atoms with van der Waals surface area (Å²) < 4.78 is 0. The first kappa shape index (κ1) is 26.6. The van der Waals surface area contributed by atoms with Gasteiger partial charge in [0.25, 0.3) is 0 Å². The molecule has 0 heterocycles. The van der Waals surface area contributed by atoms with Crippen LogP contribution in [-0.4, -0.2) is 70.5 Å². The summed E-state index contributed by atoms with van der Waals surface area (Å²) in [6.07, 6.45) is -0.687.